The van der Waals surface area contributed by atoms with Gasteiger partial charge < -0.3 is 20.1 Å². The molecule has 2 aliphatic rings. The largest absolute Gasteiger partial charge is 0.454 e. The first kappa shape index (κ1) is 24.7. The Kier molecular flexibility index (Phi) is 6.57. The zero-order valence-corrected chi connectivity index (χ0v) is 20.9. The zero-order valence-electron chi connectivity index (χ0n) is 20.1. The van der Waals surface area contributed by atoms with E-state index >= 15 is 0 Å². The molecule has 2 amide bonds. The summed E-state index contributed by atoms with van der Waals surface area (Å²) in [6, 6.07) is 17.2. The van der Waals surface area contributed by atoms with Crippen molar-refractivity contribution in [2.45, 2.75) is 30.1 Å². The zero-order chi connectivity index (χ0) is 26.0. The highest BCUT2D eigenvalue weighted by Crippen LogP contribution is 2.51. The second-order valence-electron chi connectivity index (χ2n) is 8.92. The molecule has 0 atom stereocenters. The van der Waals surface area contributed by atoms with Gasteiger partial charge in [-0.2, -0.15) is 0 Å². The van der Waals surface area contributed by atoms with Crippen molar-refractivity contribution < 1.29 is 28.9 Å². The molecule has 2 heterocycles. The van der Waals surface area contributed by atoms with Crippen molar-refractivity contribution >= 4 is 27.7 Å². The summed E-state index contributed by atoms with van der Waals surface area (Å²) in [7, 11) is -3.72. The van der Waals surface area contributed by atoms with Crippen molar-refractivity contribution in [2.75, 3.05) is 25.2 Å². The Hall–Kier alpha value is -3.96. The molecule has 37 heavy (non-hydrogen) atoms. The molecule has 0 radical (unpaired) electrons. The van der Waals surface area contributed by atoms with Gasteiger partial charge in [0.1, 0.15) is 5.82 Å². The Labute approximate surface area is 215 Å². The van der Waals surface area contributed by atoms with Gasteiger partial charge in [0.15, 0.2) is 11.5 Å². The summed E-state index contributed by atoms with van der Waals surface area (Å²) >= 11 is 0. The van der Waals surface area contributed by atoms with E-state index in [1.54, 1.807) is 30.3 Å². The molecule has 0 bridgehead atoms. The number of benzene rings is 2. The van der Waals surface area contributed by atoms with E-state index in [-0.39, 0.29) is 38.0 Å². The Morgan fingerprint density at radius 1 is 1.00 bits per heavy atom. The maximum absolute atomic E-state index is 13.2. The van der Waals surface area contributed by atoms with Crippen molar-refractivity contribution in [3.05, 3.63) is 66.2 Å². The third kappa shape index (κ3) is 5.27. The van der Waals surface area contributed by atoms with Gasteiger partial charge in [-0.05, 0) is 54.8 Å². The molecule has 10 nitrogen and oxygen atoms in total. The fourth-order valence-corrected chi connectivity index (χ4v) is 5.21. The van der Waals surface area contributed by atoms with E-state index < -0.39 is 15.4 Å². The molecule has 1 aliphatic heterocycles. The van der Waals surface area contributed by atoms with Crippen LogP contribution in [0.25, 0.3) is 11.3 Å². The lowest BCUT2D eigenvalue weighted by molar-refractivity contribution is -0.119. The molecule has 2 aromatic carbocycles. The van der Waals surface area contributed by atoms with Crippen LogP contribution in [0.4, 0.5) is 5.82 Å². The molecule has 194 valence electrons. The molecule has 1 aromatic heterocycles. The lowest BCUT2D eigenvalue weighted by atomic mass is 9.94. The molecule has 1 saturated carbocycles. The van der Waals surface area contributed by atoms with E-state index in [9.17, 15) is 18.0 Å². The highest BCUT2D eigenvalue weighted by Gasteiger charge is 2.51. The summed E-state index contributed by atoms with van der Waals surface area (Å²) in [6.07, 6.45) is 1.46. The first-order valence-electron chi connectivity index (χ1n) is 11.8. The summed E-state index contributed by atoms with van der Waals surface area (Å²) in [5.74, 6) is 1.36. The average molecular weight is 525 g/mol. The fourth-order valence-electron chi connectivity index (χ4n) is 4.18. The number of nitrogens with zero attached hydrogens (tertiary/aromatic N) is 1. The number of aromatic nitrogens is 1. The predicted octanol–water partition coefficient (Wildman–Crippen LogP) is 2.81. The fraction of sp³-hybridized carbons (Fsp3) is 0.269. The standard InChI is InChI=1S/C26H26N4O6S.H2/c1-17(31)27-13-14-28-37(33,34)20-8-5-18(6-9-20)21-3-2-4-24(29-21)30-25(32)26(11-12-26)19-7-10-22-23(15-19)36-16-35-22;/h2-10,15,28H,11-14,16H2,1H3,(H,27,31)(H,29,30,32);1H. The summed E-state index contributed by atoms with van der Waals surface area (Å²) in [6.45, 7) is 1.83. The molecule has 3 aromatic rings. The maximum atomic E-state index is 13.2. The molecular formula is C26H28N4O6S. The minimum absolute atomic E-state index is 0. The summed E-state index contributed by atoms with van der Waals surface area (Å²) in [5.41, 5.74) is 1.55. The molecule has 0 saturated heterocycles. The third-order valence-corrected chi connectivity index (χ3v) is 7.83. The molecule has 11 heteroatoms. The minimum atomic E-state index is -3.72. The number of sulfonamides is 1. The number of hydrogen-bond acceptors (Lipinski definition) is 7. The van der Waals surface area contributed by atoms with E-state index in [1.165, 1.54) is 19.1 Å². The topological polar surface area (TPSA) is 136 Å². The van der Waals surface area contributed by atoms with E-state index in [0.29, 0.717) is 28.6 Å². The first-order valence-corrected chi connectivity index (χ1v) is 13.3. The second kappa shape index (κ2) is 9.83. The van der Waals surface area contributed by atoms with E-state index in [1.807, 2.05) is 18.2 Å². The Balaban J connectivity index is 0.00000336. The van der Waals surface area contributed by atoms with Crippen LogP contribution >= 0.6 is 0 Å². The Morgan fingerprint density at radius 3 is 2.49 bits per heavy atom. The Bertz CT molecular complexity index is 1460. The summed E-state index contributed by atoms with van der Waals surface area (Å²) < 4.78 is 38.2. The highest BCUT2D eigenvalue weighted by atomic mass is 32.2. The van der Waals surface area contributed by atoms with Gasteiger partial charge in [0.25, 0.3) is 0 Å². The SMILES string of the molecule is CC(=O)NCCNS(=O)(=O)c1ccc(-c2cccc(NC(=O)C3(c4ccc5c(c4)OCO5)CC3)n2)cc1.[HH]. The van der Waals surface area contributed by atoms with Crippen molar-refractivity contribution in [3.8, 4) is 22.8 Å². The number of fused-ring (bicyclic) bond motifs is 1. The lowest BCUT2D eigenvalue weighted by Gasteiger charge is -2.16. The van der Waals surface area contributed by atoms with Crippen LogP contribution in [0.2, 0.25) is 0 Å². The average Bonchev–Trinajstić information content (AvgIpc) is 3.57. The molecule has 0 unspecified atom stereocenters. The number of nitrogens with one attached hydrogen (secondary N) is 3. The van der Waals surface area contributed by atoms with Crippen molar-refractivity contribution in [2.24, 2.45) is 0 Å². The monoisotopic (exact) mass is 524 g/mol. The van der Waals surface area contributed by atoms with E-state index in [2.05, 4.69) is 20.3 Å². The number of ether oxygens (including phenoxy) is 2. The van der Waals surface area contributed by atoms with Crippen LogP contribution in [0.15, 0.2) is 65.6 Å². The molecule has 3 N–H and O–H groups in total. The van der Waals surface area contributed by atoms with Gasteiger partial charge in [0.05, 0.1) is 16.0 Å². The summed E-state index contributed by atoms with van der Waals surface area (Å²) in [4.78, 5) is 28.8. The molecule has 5 rings (SSSR count). The number of rotatable bonds is 9. The van der Waals surface area contributed by atoms with Crippen LogP contribution < -0.4 is 24.8 Å². The van der Waals surface area contributed by atoms with Gasteiger partial charge in [-0.3, -0.25) is 9.59 Å². The third-order valence-electron chi connectivity index (χ3n) is 6.35. The number of carbonyl (C=O) groups excluding carboxylic acids is 2. The highest BCUT2D eigenvalue weighted by molar-refractivity contribution is 7.89. The smallest absolute Gasteiger partial charge is 0.240 e. The van der Waals surface area contributed by atoms with Crippen LogP contribution in [-0.4, -0.2) is 45.1 Å². The molecule has 0 spiro atoms. The van der Waals surface area contributed by atoms with Crippen LogP contribution in [0.1, 0.15) is 26.8 Å². The first-order chi connectivity index (χ1) is 17.8. The number of pyridine rings is 1. The number of hydrogen-bond donors (Lipinski definition) is 3. The molecule has 1 aliphatic carbocycles. The van der Waals surface area contributed by atoms with Gasteiger partial charge in [0, 0.05) is 27.0 Å². The normalized spacial score (nSPS) is 15.2. The van der Waals surface area contributed by atoms with Crippen LogP contribution in [-0.2, 0) is 25.0 Å². The number of anilines is 1. The maximum Gasteiger partial charge on any atom is 0.240 e. The van der Waals surface area contributed by atoms with Crippen molar-refractivity contribution in [3.63, 3.8) is 0 Å². The quantitative estimate of drug-likeness (QED) is 0.366. The second-order valence-corrected chi connectivity index (χ2v) is 10.7. The van der Waals surface area contributed by atoms with Gasteiger partial charge in [0.2, 0.25) is 28.6 Å². The number of carbonyl (C=O) groups is 2. The van der Waals surface area contributed by atoms with Crippen LogP contribution in [0.3, 0.4) is 0 Å². The van der Waals surface area contributed by atoms with Gasteiger partial charge in [-0.25, -0.2) is 18.1 Å². The van der Waals surface area contributed by atoms with E-state index in [4.69, 9.17) is 9.47 Å². The van der Waals surface area contributed by atoms with Crippen LogP contribution in [0.5, 0.6) is 11.5 Å². The number of amides is 2. The van der Waals surface area contributed by atoms with Crippen molar-refractivity contribution in [1.82, 2.24) is 15.0 Å². The van der Waals surface area contributed by atoms with Crippen molar-refractivity contribution in [1.29, 1.82) is 0 Å². The van der Waals surface area contributed by atoms with Gasteiger partial charge >= 0.3 is 0 Å². The van der Waals surface area contributed by atoms with Gasteiger partial charge in [-0.1, -0.05) is 24.3 Å². The lowest BCUT2D eigenvalue weighted by Crippen LogP contribution is -2.33. The Morgan fingerprint density at radius 2 is 1.76 bits per heavy atom. The van der Waals surface area contributed by atoms with Gasteiger partial charge in [-0.15, -0.1) is 0 Å². The van der Waals surface area contributed by atoms with Crippen LogP contribution in [0, 0.1) is 0 Å². The van der Waals surface area contributed by atoms with E-state index in [0.717, 1.165) is 18.4 Å². The minimum Gasteiger partial charge on any atom is -0.454 e. The predicted molar refractivity (Wildman–Crippen MR) is 138 cm³/mol. The summed E-state index contributed by atoms with van der Waals surface area (Å²) in [5, 5.41) is 5.47. The molecular weight excluding hydrogens is 496 g/mol. The molecule has 1 fully saturated rings.